The fourth-order valence-corrected chi connectivity index (χ4v) is 9.68. The Labute approximate surface area is 332 Å². The standard InChI is InChI=1S/C56H32O2/c1-2-14-36-27-37(22-21-33(36)11-1)40-28-41(47-31-38-15-5-9-19-45(38)53-51-43-17-7-3-12-34(43)23-25-49(51)57-55(47)53)30-42(29-40)48-32-39-16-6-10-20-46(39)54-52-44-18-8-4-13-35(44)24-26-50(52)58-56(48)54/h1-32H. The molecule has 0 radical (unpaired) electrons. The molecule has 58 heavy (non-hydrogen) atoms. The van der Waals surface area contributed by atoms with Gasteiger partial charge >= 0.3 is 0 Å². The average molecular weight is 737 g/mol. The Balaban J connectivity index is 1.17. The van der Waals surface area contributed by atoms with E-state index in [9.17, 15) is 0 Å². The highest BCUT2D eigenvalue weighted by atomic mass is 16.3. The number of rotatable bonds is 3. The van der Waals surface area contributed by atoms with Gasteiger partial charge in [0.25, 0.3) is 0 Å². The monoisotopic (exact) mass is 736 g/mol. The summed E-state index contributed by atoms with van der Waals surface area (Å²) in [6.45, 7) is 0. The van der Waals surface area contributed by atoms with Gasteiger partial charge < -0.3 is 8.83 Å². The fourth-order valence-electron chi connectivity index (χ4n) is 9.68. The summed E-state index contributed by atoms with van der Waals surface area (Å²) in [5.41, 5.74) is 10.1. The molecule has 0 amide bonds. The molecule has 2 aromatic heterocycles. The molecule has 0 aliphatic heterocycles. The first-order valence-electron chi connectivity index (χ1n) is 19.9. The van der Waals surface area contributed by atoms with Gasteiger partial charge in [-0.1, -0.05) is 146 Å². The predicted molar refractivity (Wildman–Crippen MR) is 245 cm³/mol. The van der Waals surface area contributed by atoms with Crippen molar-refractivity contribution in [3.05, 3.63) is 194 Å². The summed E-state index contributed by atoms with van der Waals surface area (Å²) < 4.78 is 14.0. The summed E-state index contributed by atoms with van der Waals surface area (Å²) in [5, 5.41) is 16.6. The van der Waals surface area contributed by atoms with Crippen LogP contribution < -0.4 is 0 Å². The minimum atomic E-state index is 0.892. The van der Waals surface area contributed by atoms with E-state index in [-0.39, 0.29) is 0 Å². The van der Waals surface area contributed by atoms with Gasteiger partial charge in [-0.05, 0) is 125 Å². The minimum Gasteiger partial charge on any atom is -0.455 e. The van der Waals surface area contributed by atoms with Crippen LogP contribution in [0.4, 0.5) is 0 Å². The Morgan fingerprint density at radius 3 is 1.16 bits per heavy atom. The predicted octanol–water partition coefficient (Wildman–Crippen LogP) is 16.3. The van der Waals surface area contributed by atoms with E-state index >= 15 is 0 Å². The van der Waals surface area contributed by atoms with Crippen molar-refractivity contribution >= 4 is 97.7 Å². The zero-order valence-corrected chi connectivity index (χ0v) is 31.3. The molecule has 268 valence electrons. The van der Waals surface area contributed by atoms with Crippen LogP contribution in [-0.2, 0) is 0 Å². The maximum atomic E-state index is 6.99. The summed E-state index contributed by atoms with van der Waals surface area (Å²) in [5.74, 6) is 0. The lowest BCUT2D eigenvalue weighted by Gasteiger charge is -2.14. The molecule has 0 saturated carbocycles. The Bertz CT molecular complexity index is 3650. The summed E-state index contributed by atoms with van der Waals surface area (Å²) in [6, 6.07) is 70.3. The zero-order chi connectivity index (χ0) is 37.9. The fraction of sp³-hybridized carbons (Fsp3) is 0. The van der Waals surface area contributed by atoms with E-state index in [4.69, 9.17) is 8.83 Å². The highest BCUT2D eigenvalue weighted by Crippen LogP contribution is 2.47. The molecule has 0 aliphatic carbocycles. The summed E-state index contributed by atoms with van der Waals surface area (Å²) in [7, 11) is 0. The molecule has 0 aliphatic rings. The van der Waals surface area contributed by atoms with E-state index in [2.05, 4.69) is 194 Å². The Hall–Kier alpha value is -7.68. The lowest BCUT2D eigenvalue weighted by Crippen LogP contribution is -1.89. The lowest BCUT2D eigenvalue weighted by atomic mass is 9.89. The second-order valence-electron chi connectivity index (χ2n) is 15.6. The van der Waals surface area contributed by atoms with Crippen molar-refractivity contribution < 1.29 is 8.83 Å². The third-order valence-electron chi connectivity index (χ3n) is 12.3. The number of hydrogen-bond acceptors (Lipinski definition) is 2. The van der Waals surface area contributed by atoms with E-state index in [1.165, 1.54) is 53.9 Å². The van der Waals surface area contributed by atoms with Crippen LogP contribution in [0.3, 0.4) is 0 Å². The van der Waals surface area contributed by atoms with E-state index in [0.717, 1.165) is 77.3 Å². The molecular weight excluding hydrogens is 705 g/mol. The van der Waals surface area contributed by atoms with Crippen molar-refractivity contribution in [2.45, 2.75) is 0 Å². The van der Waals surface area contributed by atoms with Crippen molar-refractivity contribution in [3.63, 3.8) is 0 Å². The highest BCUT2D eigenvalue weighted by molar-refractivity contribution is 6.30. The average Bonchev–Trinajstić information content (AvgIpc) is 3.89. The van der Waals surface area contributed by atoms with Gasteiger partial charge in [0.1, 0.15) is 22.3 Å². The van der Waals surface area contributed by atoms with E-state index in [0.29, 0.717) is 0 Å². The number of fused-ring (bicyclic) bond motifs is 15. The van der Waals surface area contributed by atoms with Crippen LogP contribution >= 0.6 is 0 Å². The van der Waals surface area contributed by atoms with Crippen molar-refractivity contribution in [1.29, 1.82) is 0 Å². The van der Waals surface area contributed by atoms with Crippen LogP contribution in [0.15, 0.2) is 203 Å². The topological polar surface area (TPSA) is 26.3 Å². The molecule has 0 atom stereocenters. The third kappa shape index (κ3) is 4.54. The summed E-state index contributed by atoms with van der Waals surface area (Å²) in [6.07, 6.45) is 0. The van der Waals surface area contributed by atoms with Crippen LogP contribution in [0.2, 0.25) is 0 Å². The molecule has 0 spiro atoms. The largest absolute Gasteiger partial charge is 0.455 e. The second-order valence-corrected chi connectivity index (χ2v) is 15.6. The molecule has 0 fully saturated rings. The Morgan fingerprint density at radius 2 is 0.638 bits per heavy atom. The van der Waals surface area contributed by atoms with Crippen molar-refractivity contribution in [2.24, 2.45) is 0 Å². The first-order valence-corrected chi connectivity index (χ1v) is 19.9. The maximum absolute atomic E-state index is 6.99. The van der Waals surface area contributed by atoms with Crippen LogP contribution in [0.5, 0.6) is 0 Å². The molecule has 11 aromatic carbocycles. The van der Waals surface area contributed by atoms with E-state index in [1.807, 2.05) is 0 Å². The van der Waals surface area contributed by atoms with E-state index < -0.39 is 0 Å². The normalized spacial score (nSPS) is 12.1. The molecule has 13 rings (SSSR count). The van der Waals surface area contributed by atoms with Gasteiger partial charge in [0.2, 0.25) is 0 Å². The lowest BCUT2D eigenvalue weighted by molar-refractivity contribution is 0.670. The van der Waals surface area contributed by atoms with Gasteiger partial charge in [-0.15, -0.1) is 0 Å². The molecular formula is C56H32O2. The van der Waals surface area contributed by atoms with Crippen molar-refractivity contribution in [2.75, 3.05) is 0 Å². The maximum Gasteiger partial charge on any atom is 0.143 e. The summed E-state index contributed by atoms with van der Waals surface area (Å²) in [4.78, 5) is 0. The Morgan fingerprint density at radius 1 is 0.241 bits per heavy atom. The van der Waals surface area contributed by atoms with Crippen LogP contribution in [0.1, 0.15) is 0 Å². The van der Waals surface area contributed by atoms with Gasteiger partial charge in [-0.3, -0.25) is 0 Å². The molecule has 0 saturated heterocycles. The van der Waals surface area contributed by atoms with Crippen molar-refractivity contribution in [3.8, 4) is 33.4 Å². The number of furan rings is 2. The van der Waals surface area contributed by atoms with Crippen LogP contribution in [0, 0.1) is 0 Å². The minimum absolute atomic E-state index is 0.892. The molecule has 2 nitrogen and oxygen atoms in total. The molecule has 2 heterocycles. The molecule has 0 N–H and O–H groups in total. The number of benzene rings is 11. The second kappa shape index (κ2) is 11.9. The van der Waals surface area contributed by atoms with Gasteiger partial charge in [-0.2, -0.15) is 0 Å². The quantitative estimate of drug-likeness (QED) is 0.181. The first kappa shape index (κ1) is 31.5. The van der Waals surface area contributed by atoms with Gasteiger partial charge in [0.15, 0.2) is 0 Å². The number of hydrogen-bond donors (Lipinski definition) is 0. The van der Waals surface area contributed by atoms with Gasteiger partial charge in [0.05, 0.1) is 0 Å². The van der Waals surface area contributed by atoms with E-state index in [1.54, 1.807) is 0 Å². The summed E-state index contributed by atoms with van der Waals surface area (Å²) >= 11 is 0. The van der Waals surface area contributed by atoms with Crippen molar-refractivity contribution in [1.82, 2.24) is 0 Å². The highest BCUT2D eigenvalue weighted by Gasteiger charge is 2.22. The third-order valence-corrected chi connectivity index (χ3v) is 12.3. The smallest absolute Gasteiger partial charge is 0.143 e. The van der Waals surface area contributed by atoms with Gasteiger partial charge in [-0.25, -0.2) is 0 Å². The SMILES string of the molecule is c1ccc2cc(-c3cc(-c4cc5ccccc5c5c4oc4ccc6ccccc6c45)cc(-c4cc5ccccc5c5c4oc4ccc6ccccc6c45)c3)ccc2c1. The Kier molecular flexibility index (Phi) is 6.47. The molecule has 2 heteroatoms. The first-order chi connectivity index (χ1) is 28.7. The molecule has 13 aromatic rings. The van der Waals surface area contributed by atoms with Gasteiger partial charge in [0, 0.05) is 32.7 Å². The molecule has 0 unspecified atom stereocenters. The van der Waals surface area contributed by atoms with Crippen LogP contribution in [-0.4, -0.2) is 0 Å². The zero-order valence-electron chi connectivity index (χ0n) is 31.3. The molecule has 0 bridgehead atoms. The van der Waals surface area contributed by atoms with Crippen LogP contribution in [0.25, 0.3) is 131 Å².